The Morgan fingerprint density at radius 2 is 2.09 bits per heavy atom. The second-order valence-electron chi connectivity index (χ2n) is 8.14. The van der Waals surface area contributed by atoms with Crippen LogP contribution in [0.4, 0.5) is 11.4 Å². The van der Waals surface area contributed by atoms with E-state index in [0.29, 0.717) is 59.9 Å². The van der Waals surface area contributed by atoms with E-state index >= 15 is 0 Å². The summed E-state index contributed by atoms with van der Waals surface area (Å²) in [6.07, 6.45) is 7.86. The normalized spacial score (nSPS) is 13.2. The molecule has 0 unspecified atom stereocenters. The SMILES string of the molecule is CC(=O)N(CC1CC1)c1ccc(-c2ccc(NC(=O)CCC/C(C=N)=C/N)cn2)cc1C#N. The lowest BCUT2D eigenvalue weighted by Gasteiger charge is -2.22. The molecule has 0 spiro atoms. The van der Waals surface area contributed by atoms with Crippen LogP contribution in [0, 0.1) is 22.7 Å². The predicted octanol–water partition coefficient (Wildman–Crippen LogP) is 3.98. The Labute approximate surface area is 193 Å². The number of pyridine rings is 1. The molecule has 1 saturated carbocycles. The summed E-state index contributed by atoms with van der Waals surface area (Å²) in [6, 6.07) is 11.1. The highest BCUT2D eigenvalue weighted by atomic mass is 16.2. The monoisotopic (exact) mass is 444 g/mol. The number of nitrogens with zero attached hydrogens (tertiary/aromatic N) is 3. The highest BCUT2D eigenvalue weighted by molar-refractivity contribution is 5.93. The number of anilines is 2. The minimum atomic E-state index is -0.137. The van der Waals surface area contributed by atoms with Crippen LogP contribution in [0.2, 0.25) is 0 Å². The largest absolute Gasteiger partial charge is 0.404 e. The first-order valence-electron chi connectivity index (χ1n) is 10.9. The number of carbonyl (C=O) groups excluding carboxylic acids is 2. The van der Waals surface area contributed by atoms with Gasteiger partial charge in [0, 0.05) is 31.7 Å². The molecule has 0 saturated heterocycles. The van der Waals surface area contributed by atoms with Gasteiger partial charge in [-0.2, -0.15) is 5.26 Å². The molecule has 1 heterocycles. The minimum Gasteiger partial charge on any atom is -0.404 e. The van der Waals surface area contributed by atoms with Crippen molar-refractivity contribution >= 4 is 29.4 Å². The Morgan fingerprint density at radius 3 is 2.67 bits per heavy atom. The molecule has 33 heavy (non-hydrogen) atoms. The number of hydrogen-bond acceptors (Lipinski definition) is 6. The second-order valence-corrected chi connectivity index (χ2v) is 8.14. The van der Waals surface area contributed by atoms with Crippen LogP contribution in [0.1, 0.15) is 44.6 Å². The molecule has 1 aliphatic rings. The number of hydrogen-bond donors (Lipinski definition) is 3. The molecule has 1 fully saturated rings. The van der Waals surface area contributed by atoms with Crippen molar-refractivity contribution in [3.63, 3.8) is 0 Å². The third kappa shape index (κ3) is 6.50. The lowest BCUT2D eigenvalue weighted by Crippen LogP contribution is -2.31. The summed E-state index contributed by atoms with van der Waals surface area (Å²) in [6.45, 7) is 2.16. The van der Waals surface area contributed by atoms with E-state index in [-0.39, 0.29) is 11.8 Å². The molecule has 1 aliphatic carbocycles. The maximum Gasteiger partial charge on any atom is 0.224 e. The molecule has 4 N–H and O–H groups in total. The summed E-state index contributed by atoms with van der Waals surface area (Å²) in [5, 5.41) is 19.7. The minimum absolute atomic E-state index is 0.0718. The quantitative estimate of drug-likeness (QED) is 0.476. The van der Waals surface area contributed by atoms with Gasteiger partial charge in [-0.1, -0.05) is 6.07 Å². The molecule has 0 radical (unpaired) electrons. The van der Waals surface area contributed by atoms with E-state index in [0.717, 1.165) is 18.4 Å². The van der Waals surface area contributed by atoms with Gasteiger partial charge in [-0.25, -0.2) is 0 Å². The average molecular weight is 445 g/mol. The van der Waals surface area contributed by atoms with Crippen molar-refractivity contribution in [2.45, 2.75) is 39.0 Å². The van der Waals surface area contributed by atoms with E-state index < -0.39 is 0 Å². The number of carbonyl (C=O) groups is 2. The first-order valence-corrected chi connectivity index (χ1v) is 10.9. The third-order valence-electron chi connectivity index (χ3n) is 5.54. The molecule has 3 rings (SSSR count). The van der Waals surface area contributed by atoms with Gasteiger partial charge >= 0.3 is 0 Å². The number of rotatable bonds is 10. The number of nitrogens with one attached hydrogen (secondary N) is 2. The predicted molar refractivity (Wildman–Crippen MR) is 129 cm³/mol. The third-order valence-corrected chi connectivity index (χ3v) is 5.54. The number of allylic oxidation sites excluding steroid dienone is 1. The fraction of sp³-hybridized carbons (Fsp3) is 0.320. The molecule has 1 aromatic carbocycles. The van der Waals surface area contributed by atoms with Crippen LogP contribution in [0.25, 0.3) is 11.3 Å². The standard InChI is InChI=1S/C25H28N6O2/c1-17(32)31(16-18-5-6-18)24-10-7-20(11-21(24)14-28)23-9-8-22(15-29-23)30-25(33)4-2-3-19(12-26)13-27/h7-13,15,18,26H,2-6,16,27H2,1H3,(H,30,33)/b19-13-,26-12?. The average Bonchev–Trinajstić information content (AvgIpc) is 3.64. The van der Waals surface area contributed by atoms with E-state index in [1.165, 1.54) is 19.3 Å². The first kappa shape index (κ1) is 23.7. The van der Waals surface area contributed by atoms with Crippen molar-refractivity contribution in [3.05, 3.63) is 53.9 Å². The van der Waals surface area contributed by atoms with Crippen LogP contribution < -0.4 is 16.0 Å². The molecule has 8 nitrogen and oxygen atoms in total. The lowest BCUT2D eigenvalue weighted by molar-refractivity contribution is -0.117. The Morgan fingerprint density at radius 1 is 1.30 bits per heavy atom. The van der Waals surface area contributed by atoms with E-state index in [1.54, 1.807) is 35.4 Å². The molecular formula is C25H28N6O2. The number of nitriles is 1. The summed E-state index contributed by atoms with van der Waals surface area (Å²) >= 11 is 0. The second kappa shape index (κ2) is 11.0. The van der Waals surface area contributed by atoms with Gasteiger partial charge in [0.25, 0.3) is 0 Å². The van der Waals surface area contributed by atoms with E-state index in [2.05, 4.69) is 16.4 Å². The zero-order valence-corrected chi connectivity index (χ0v) is 18.7. The summed E-state index contributed by atoms with van der Waals surface area (Å²) in [4.78, 5) is 30.4. The Kier molecular flexibility index (Phi) is 7.92. The van der Waals surface area contributed by atoms with Crippen molar-refractivity contribution in [3.8, 4) is 17.3 Å². The van der Waals surface area contributed by atoms with Gasteiger partial charge in [-0.3, -0.25) is 14.6 Å². The van der Waals surface area contributed by atoms with Crippen molar-refractivity contribution in [2.24, 2.45) is 11.7 Å². The van der Waals surface area contributed by atoms with Gasteiger partial charge in [0.2, 0.25) is 11.8 Å². The smallest absolute Gasteiger partial charge is 0.224 e. The number of benzene rings is 1. The van der Waals surface area contributed by atoms with Crippen molar-refractivity contribution in [2.75, 3.05) is 16.8 Å². The summed E-state index contributed by atoms with van der Waals surface area (Å²) in [5.74, 6) is 0.305. The van der Waals surface area contributed by atoms with Gasteiger partial charge < -0.3 is 21.4 Å². The molecule has 170 valence electrons. The van der Waals surface area contributed by atoms with Gasteiger partial charge in [-0.15, -0.1) is 0 Å². The number of amides is 2. The fourth-order valence-electron chi connectivity index (χ4n) is 3.49. The molecule has 1 aromatic heterocycles. The van der Waals surface area contributed by atoms with E-state index in [1.807, 2.05) is 6.07 Å². The van der Waals surface area contributed by atoms with Crippen LogP contribution in [0.5, 0.6) is 0 Å². The molecule has 0 aliphatic heterocycles. The molecule has 2 amide bonds. The van der Waals surface area contributed by atoms with Gasteiger partial charge in [0.15, 0.2) is 0 Å². The molecule has 0 bridgehead atoms. The fourth-order valence-corrected chi connectivity index (χ4v) is 3.49. The summed E-state index contributed by atoms with van der Waals surface area (Å²) in [5.41, 5.74) is 9.15. The maximum atomic E-state index is 12.1. The van der Waals surface area contributed by atoms with Crippen molar-refractivity contribution in [1.82, 2.24) is 4.98 Å². The summed E-state index contributed by atoms with van der Waals surface area (Å²) in [7, 11) is 0. The number of nitrogens with two attached hydrogens (primary N) is 1. The highest BCUT2D eigenvalue weighted by Gasteiger charge is 2.27. The van der Waals surface area contributed by atoms with Crippen LogP contribution in [0.15, 0.2) is 48.3 Å². The Bertz CT molecular complexity index is 1100. The zero-order chi connectivity index (χ0) is 23.8. The van der Waals surface area contributed by atoms with Gasteiger partial charge in [0.05, 0.1) is 28.8 Å². The first-order chi connectivity index (χ1) is 15.9. The molecule has 2 aromatic rings. The maximum absolute atomic E-state index is 12.1. The van der Waals surface area contributed by atoms with Crippen LogP contribution >= 0.6 is 0 Å². The van der Waals surface area contributed by atoms with Gasteiger partial charge in [0.1, 0.15) is 6.07 Å². The molecule has 8 heteroatoms. The summed E-state index contributed by atoms with van der Waals surface area (Å²) < 4.78 is 0. The van der Waals surface area contributed by atoms with Crippen LogP contribution in [-0.2, 0) is 9.59 Å². The molecular weight excluding hydrogens is 416 g/mol. The topological polar surface area (TPSA) is 136 Å². The van der Waals surface area contributed by atoms with Crippen LogP contribution in [-0.4, -0.2) is 29.6 Å². The van der Waals surface area contributed by atoms with Crippen molar-refractivity contribution in [1.29, 1.82) is 10.7 Å². The Balaban J connectivity index is 1.66. The van der Waals surface area contributed by atoms with Gasteiger partial charge in [-0.05, 0) is 67.6 Å². The lowest BCUT2D eigenvalue weighted by atomic mass is 10.0. The molecule has 0 atom stereocenters. The van der Waals surface area contributed by atoms with Crippen LogP contribution in [0.3, 0.4) is 0 Å². The van der Waals surface area contributed by atoms with E-state index in [9.17, 15) is 14.9 Å². The highest BCUT2D eigenvalue weighted by Crippen LogP contribution is 2.33. The Hall–Kier alpha value is -3.99. The van der Waals surface area contributed by atoms with Crippen molar-refractivity contribution < 1.29 is 9.59 Å². The number of aromatic nitrogens is 1. The zero-order valence-electron chi connectivity index (χ0n) is 18.7. The van der Waals surface area contributed by atoms with E-state index in [4.69, 9.17) is 11.1 Å².